The quantitative estimate of drug-likeness (QED) is 0.650. The number of nitrogens with one attached hydrogen (secondary N) is 2. The van der Waals surface area contributed by atoms with Crippen LogP contribution in [0.5, 0.6) is 0 Å². The molecular formula is C19H24N4O4. The van der Waals surface area contributed by atoms with E-state index in [0.717, 1.165) is 11.4 Å². The van der Waals surface area contributed by atoms with Gasteiger partial charge in [0.15, 0.2) is 5.69 Å². The zero-order valence-corrected chi connectivity index (χ0v) is 15.6. The Balaban J connectivity index is 1.96. The van der Waals surface area contributed by atoms with E-state index < -0.39 is 23.8 Å². The van der Waals surface area contributed by atoms with Crippen LogP contribution in [0.4, 0.5) is 0 Å². The maximum Gasteiger partial charge on any atom is 0.326 e. The number of nitrogens with zero attached hydrogens (tertiary/aromatic N) is 2. The number of hydrogen-bond donors (Lipinski definition) is 3. The van der Waals surface area contributed by atoms with Gasteiger partial charge in [0.1, 0.15) is 6.04 Å². The molecule has 0 saturated carbocycles. The van der Waals surface area contributed by atoms with Crippen LogP contribution in [0.2, 0.25) is 0 Å². The van der Waals surface area contributed by atoms with E-state index in [1.165, 1.54) is 0 Å². The smallest absolute Gasteiger partial charge is 0.326 e. The molecule has 1 heterocycles. The van der Waals surface area contributed by atoms with E-state index >= 15 is 0 Å². The van der Waals surface area contributed by atoms with Crippen LogP contribution in [-0.2, 0) is 9.59 Å². The van der Waals surface area contributed by atoms with E-state index in [4.69, 9.17) is 5.11 Å². The summed E-state index contributed by atoms with van der Waals surface area (Å²) in [6, 6.07) is 10.0. The zero-order valence-electron chi connectivity index (χ0n) is 15.6. The van der Waals surface area contributed by atoms with Crippen molar-refractivity contribution in [2.24, 2.45) is 5.92 Å². The predicted molar refractivity (Wildman–Crippen MR) is 99.7 cm³/mol. The number of aliphatic carboxylic acids is 1. The van der Waals surface area contributed by atoms with Crippen LogP contribution in [0, 0.1) is 12.8 Å². The first kappa shape index (κ1) is 20.2. The van der Waals surface area contributed by atoms with E-state index in [9.17, 15) is 14.4 Å². The zero-order chi connectivity index (χ0) is 20.0. The van der Waals surface area contributed by atoms with Crippen LogP contribution in [0.1, 0.15) is 36.5 Å². The van der Waals surface area contributed by atoms with E-state index in [2.05, 4.69) is 15.7 Å². The summed E-state index contributed by atoms with van der Waals surface area (Å²) in [5, 5.41) is 18.3. The van der Waals surface area contributed by atoms with Gasteiger partial charge in [-0.05, 0) is 37.5 Å². The Morgan fingerprint density at radius 1 is 1.19 bits per heavy atom. The molecule has 27 heavy (non-hydrogen) atoms. The Kier molecular flexibility index (Phi) is 6.70. The molecule has 0 spiro atoms. The molecule has 1 aromatic heterocycles. The number of aromatic nitrogens is 2. The average molecular weight is 372 g/mol. The summed E-state index contributed by atoms with van der Waals surface area (Å²) < 4.78 is 1.64. The Labute approximate surface area is 157 Å². The molecule has 2 aromatic rings. The highest BCUT2D eigenvalue weighted by Gasteiger charge is 2.21. The number of para-hydroxylation sites is 1. The number of hydrogen-bond acceptors (Lipinski definition) is 4. The molecule has 0 fully saturated rings. The Hall–Kier alpha value is -3.16. The standard InChI is InChI=1S/C19H24N4O4/c1-12(2)9-16(19(26)27)21-17(24)11-20-18(25)15-10-13(3)23(22-15)14-7-5-4-6-8-14/h4-8,10,12,16H,9,11H2,1-3H3,(H,20,25)(H,21,24)(H,26,27)/t16-/m0/s1. The van der Waals surface area contributed by atoms with Gasteiger partial charge in [0.05, 0.1) is 12.2 Å². The third kappa shape index (κ3) is 5.67. The number of carbonyl (C=O) groups excluding carboxylic acids is 2. The van der Waals surface area contributed by atoms with Crippen molar-refractivity contribution in [3.8, 4) is 5.69 Å². The van der Waals surface area contributed by atoms with E-state index in [1.54, 1.807) is 10.7 Å². The molecule has 8 nitrogen and oxygen atoms in total. The lowest BCUT2D eigenvalue weighted by molar-refractivity contribution is -0.142. The molecule has 0 unspecified atom stereocenters. The first-order valence-electron chi connectivity index (χ1n) is 8.70. The minimum absolute atomic E-state index is 0.117. The first-order valence-corrected chi connectivity index (χ1v) is 8.70. The second-order valence-electron chi connectivity index (χ2n) is 6.69. The van der Waals surface area contributed by atoms with Crippen LogP contribution < -0.4 is 10.6 Å². The summed E-state index contributed by atoms with van der Waals surface area (Å²) in [6.45, 7) is 5.25. The summed E-state index contributed by atoms with van der Waals surface area (Å²) in [5.74, 6) is -2.04. The number of carbonyl (C=O) groups is 3. The van der Waals surface area contributed by atoms with Crippen molar-refractivity contribution in [3.05, 3.63) is 47.8 Å². The number of aryl methyl sites for hydroxylation is 1. The fraction of sp³-hybridized carbons (Fsp3) is 0.368. The number of rotatable bonds is 8. The molecule has 2 rings (SSSR count). The predicted octanol–water partition coefficient (Wildman–Crippen LogP) is 1.53. The molecule has 1 aromatic carbocycles. The van der Waals surface area contributed by atoms with Crippen molar-refractivity contribution in [1.29, 1.82) is 0 Å². The third-order valence-corrected chi connectivity index (χ3v) is 3.87. The summed E-state index contributed by atoms with van der Waals surface area (Å²) in [4.78, 5) is 35.4. The lowest BCUT2D eigenvalue weighted by Crippen LogP contribution is -2.46. The number of carboxylic acids is 1. The highest BCUT2D eigenvalue weighted by Crippen LogP contribution is 2.11. The van der Waals surface area contributed by atoms with E-state index in [1.807, 2.05) is 51.1 Å². The second kappa shape index (κ2) is 8.98. The van der Waals surface area contributed by atoms with E-state index in [0.29, 0.717) is 6.42 Å². The van der Waals surface area contributed by atoms with Crippen LogP contribution in [0.3, 0.4) is 0 Å². The number of carboxylic acid groups (broad SMARTS) is 1. The van der Waals surface area contributed by atoms with Gasteiger partial charge in [-0.1, -0.05) is 32.0 Å². The van der Waals surface area contributed by atoms with Gasteiger partial charge in [0.2, 0.25) is 5.91 Å². The van der Waals surface area contributed by atoms with E-state index in [-0.39, 0.29) is 18.2 Å². The van der Waals surface area contributed by atoms with Crippen molar-refractivity contribution in [2.75, 3.05) is 6.54 Å². The van der Waals surface area contributed by atoms with Crippen molar-refractivity contribution < 1.29 is 19.5 Å². The molecule has 0 saturated heterocycles. The molecule has 3 N–H and O–H groups in total. The van der Waals surface area contributed by atoms with Crippen LogP contribution in [0.15, 0.2) is 36.4 Å². The van der Waals surface area contributed by atoms with Gasteiger partial charge in [-0.2, -0.15) is 5.10 Å². The van der Waals surface area contributed by atoms with Gasteiger partial charge in [0.25, 0.3) is 5.91 Å². The molecule has 8 heteroatoms. The molecule has 2 amide bonds. The molecule has 0 bridgehead atoms. The molecular weight excluding hydrogens is 348 g/mol. The van der Waals surface area contributed by atoms with Gasteiger partial charge in [0, 0.05) is 5.69 Å². The lowest BCUT2D eigenvalue weighted by atomic mass is 10.0. The SMILES string of the molecule is Cc1cc(C(=O)NCC(=O)N[C@@H](CC(C)C)C(=O)O)nn1-c1ccccc1. The normalized spacial score (nSPS) is 11.9. The topological polar surface area (TPSA) is 113 Å². The van der Waals surface area contributed by atoms with Crippen LogP contribution in [-0.4, -0.2) is 45.3 Å². The molecule has 1 atom stereocenters. The molecule has 0 radical (unpaired) electrons. The van der Waals surface area contributed by atoms with Gasteiger partial charge >= 0.3 is 5.97 Å². The molecule has 0 aliphatic carbocycles. The van der Waals surface area contributed by atoms with Crippen molar-refractivity contribution >= 4 is 17.8 Å². The maximum absolute atomic E-state index is 12.3. The Bertz CT molecular complexity index is 814. The summed E-state index contributed by atoms with van der Waals surface area (Å²) in [6.07, 6.45) is 0.315. The Morgan fingerprint density at radius 3 is 2.44 bits per heavy atom. The largest absolute Gasteiger partial charge is 0.480 e. The van der Waals surface area contributed by atoms with Crippen molar-refractivity contribution in [3.63, 3.8) is 0 Å². The number of amides is 2. The first-order chi connectivity index (χ1) is 12.8. The van der Waals surface area contributed by atoms with Crippen molar-refractivity contribution in [1.82, 2.24) is 20.4 Å². The molecule has 0 aliphatic rings. The van der Waals surface area contributed by atoms with Gasteiger partial charge in [-0.25, -0.2) is 9.48 Å². The lowest BCUT2D eigenvalue weighted by Gasteiger charge is -2.16. The van der Waals surface area contributed by atoms with Gasteiger partial charge < -0.3 is 15.7 Å². The summed E-state index contributed by atoms with van der Waals surface area (Å²) >= 11 is 0. The van der Waals surface area contributed by atoms with Gasteiger partial charge in [-0.3, -0.25) is 9.59 Å². The average Bonchev–Trinajstić information content (AvgIpc) is 3.01. The van der Waals surface area contributed by atoms with Crippen molar-refractivity contribution in [2.45, 2.75) is 33.2 Å². The van der Waals surface area contributed by atoms with Gasteiger partial charge in [-0.15, -0.1) is 0 Å². The van der Waals surface area contributed by atoms with Crippen LogP contribution in [0.25, 0.3) is 5.69 Å². The summed E-state index contributed by atoms with van der Waals surface area (Å²) in [7, 11) is 0. The summed E-state index contributed by atoms with van der Waals surface area (Å²) in [5.41, 5.74) is 1.78. The fourth-order valence-electron chi connectivity index (χ4n) is 2.61. The van der Waals surface area contributed by atoms with Crippen LogP contribution >= 0.6 is 0 Å². The number of benzene rings is 1. The fourth-order valence-corrected chi connectivity index (χ4v) is 2.61. The Morgan fingerprint density at radius 2 is 1.85 bits per heavy atom. The monoisotopic (exact) mass is 372 g/mol. The minimum atomic E-state index is -1.10. The highest BCUT2D eigenvalue weighted by molar-refractivity contribution is 5.95. The second-order valence-corrected chi connectivity index (χ2v) is 6.69. The molecule has 144 valence electrons. The minimum Gasteiger partial charge on any atom is -0.480 e. The molecule has 0 aliphatic heterocycles. The highest BCUT2D eigenvalue weighted by atomic mass is 16.4. The maximum atomic E-state index is 12.3. The third-order valence-electron chi connectivity index (χ3n) is 3.87.